The van der Waals surface area contributed by atoms with Gasteiger partial charge in [0.05, 0.1) is 5.25 Å². The fourth-order valence-electron chi connectivity index (χ4n) is 1.13. The predicted octanol–water partition coefficient (Wildman–Crippen LogP) is 2.09. The molecule has 2 atom stereocenters. The second-order valence-corrected chi connectivity index (χ2v) is 5.25. The van der Waals surface area contributed by atoms with E-state index in [2.05, 4.69) is 4.74 Å². The Labute approximate surface area is 116 Å². The summed E-state index contributed by atoms with van der Waals surface area (Å²) in [5.41, 5.74) is 0. The average molecular weight is 290 g/mol. The number of esters is 1. The van der Waals surface area contributed by atoms with Crippen molar-refractivity contribution in [1.29, 1.82) is 0 Å². The molecule has 6 nitrogen and oxygen atoms in total. The Morgan fingerprint density at radius 3 is 2.05 bits per heavy atom. The molecule has 0 aromatic heterocycles. The van der Waals surface area contributed by atoms with Gasteiger partial charge in [-0.15, -0.1) is 0 Å². The largest absolute Gasteiger partial charge is 0.426 e. The quantitative estimate of drug-likeness (QED) is 0.524. The average Bonchev–Trinajstić information content (AvgIpc) is 2.23. The van der Waals surface area contributed by atoms with E-state index in [1.54, 1.807) is 6.92 Å². The van der Waals surface area contributed by atoms with E-state index in [1.165, 1.54) is 20.8 Å². The highest BCUT2D eigenvalue weighted by atomic mass is 32.2. The maximum atomic E-state index is 11.6. The van der Waals surface area contributed by atoms with Crippen molar-refractivity contribution in [3.63, 3.8) is 0 Å². The molecule has 0 amide bonds. The fourth-order valence-corrected chi connectivity index (χ4v) is 1.86. The second-order valence-electron chi connectivity index (χ2n) is 3.97. The highest BCUT2D eigenvalue weighted by Gasteiger charge is 2.21. The van der Waals surface area contributed by atoms with Crippen LogP contribution in [-0.2, 0) is 23.9 Å². The van der Waals surface area contributed by atoms with Crippen LogP contribution in [0.3, 0.4) is 0 Å². The Kier molecular flexibility index (Phi) is 8.06. The molecule has 0 aliphatic rings. The third-order valence-electron chi connectivity index (χ3n) is 2.04. The molecule has 0 aliphatic carbocycles. The Bertz CT molecular complexity index is 365. The molecule has 0 N–H and O–H groups in total. The number of hydrogen-bond acceptors (Lipinski definition) is 7. The lowest BCUT2D eigenvalue weighted by molar-refractivity contribution is -0.160. The van der Waals surface area contributed by atoms with Crippen molar-refractivity contribution in [3.8, 4) is 0 Å². The van der Waals surface area contributed by atoms with Gasteiger partial charge in [-0.2, -0.15) is 0 Å². The monoisotopic (exact) mass is 290 g/mol. The van der Waals surface area contributed by atoms with Gasteiger partial charge in [0.1, 0.15) is 11.6 Å². The molecule has 0 spiro atoms. The molecular weight excluding hydrogens is 272 g/mol. The van der Waals surface area contributed by atoms with E-state index in [0.717, 1.165) is 0 Å². The molecule has 19 heavy (non-hydrogen) atoms. The van der Waals surface area contributed by atoms with Crippen LogP contribution in [0.25, 0.3) is 0 Å². The van der Waals surface area contributed by atoms with Crippen molar-refractivity contribution in [2.24, 2.45) is 0 Å². The number of ketones is 2. The second kappa shape index (κ2) is 8.68. The Morgan fingerprint density at radius 2 is 1.58 bits per heavy atom. The summed E-state index contributed by atoms with van der Waals surface area (Å²) in [6, 6.07) is 0. The van der Waals surface area contributed by atoms with Gasteiger partial charge < -0.3 is 14.3 Å². The summed E-state index contributed by atoms with van der Waals surface area (Å²) in [5.74, 6) is -0.829. The first-order valence-corrected chi connectivity index (χ1v) is 6.67. The van der Waals surface area contributed by atoms with E-state index >= 15 is 0 Å². The van der Waals surface area contributed by atoms with Crippen LogP contribution in [0.15, 0.2) is 0 Å². The molecule has 0 radical (unpaired) electrons. The molecule has 108 valence electrons. The lowest BCUT2D eigenvalue weighted by atomic mass is 10.1. The summed E-state index contributed by atoms with van der Waals surface area (Å²) >= 11 is 0.701. The molecular formula is C12H18O6S. The zero-order chi connectivity index (χ0) is 15.0. The molecule has 0 bridgehead atoms. The number of carbonyl (C=O) groups excluding carboxylic acids is 4. The molecule has 0 aromatic rings. The van der Waals surface area contributed by atoms with E-state index in [-0.39, 0.29) is 24.4 Å². The number of carbonyl (C=O) groups is 4. The first kappa shape index (κ1) is 17.6. The summed E-state index contributed by atoms with van der Waals surface area (Å²) in [4.78, 5) is 44.3. The Balaban J connectivity index is 4.07. The van der Waals surface area contributed by atoms with Gasteiger partial charge >= 0.3 is 11.3 Å². The van der Waals surface area contributed by atoms with Gasteiger partial charge in [0.2, 0.25) is 6.29 Å². The predicted molar refractivity (Wildman–Crippen MR) is 69.7 cm³/mol. The molecule has 0 fully saturated rings. The Hall–Kier alpha value is -1.37. The van der Waals surface area contributed by atoms with Gasteiger partial charge in [-0.05, 0) is 25.6 Å². The number of thioether (sulfide) groups is 1. The van der Waals surface area contributed by atoms with Gasteiger partial charge in [-0.3, -0.25) is 9.59 Å². The number of Topliss-reactive ketones (excluding diaryl/α,β-unsaturated/α-hetero) is 2. The van der Waals surface area contributed by atoms with Gasteiger partial charge in [0.25, 0.3) is 0 Å². The molecule has 0 saturated heterocycles. The topological polar surface area (TPSA) is 86.7 Å². The van der Waals surface area contributed by atoms with E-state index < -0.39 is 22.8 Å². The third-order valence-corrected chi connectivity index (χ3v) is 2.95. The molecule has 1 unspecified atom stereocenters. The van der Waals surface area contributed by atoms with Crippen LogP contribution in [-0.4, -0.2) is 34.4 Å². The van der Waals surface area contributed by atoms with Crippen LogP contribution in [0.2, 0.25) is 0 Å². The minimum Gasteiger partial charge on any atom is -0.426 e. The van der Waals surface area contributed by atoms with Gasteiger partial charge in [-0.1, -0.05) is 0 Å². The highest BCUT2D eigenvalue weighted by molar-refractivity contribution is 8.14. The Morgan fingerprint density at radius 1 is 1.00 bits per heavy atom. The van der Waals surface area contributed by atoms with Crippen LogP contribution in [0.5, 0.6) is 0 Å². The number of hydrogen-bond donors (Lipinski definition) is 0. The third kappa shape index (κ3) is 9.24. The van der Waals surface area contributed by atoms with E-state index in [9.17, 15) is 19.2 Å². The lowest BCUT2D eigenvalue weighted by Gasteiger charge is -2.14. The van der Waals surface area contributed by atoms with Crippen molar-refractivity contribution in [2.45, 2.75) is 52.1 Å². The summed E-state index contributed by atoms with van der Waals surface area (Å²) < 4.78 is 9.39. The fraction of sp³-hybridized carbons (Fsp3) is 0.667. The standard InChI is InChI=1S/C12H18O6S/c1-7(13)5-6-11(15)8(2)19-12(16)18-10(4)17-9(3)14/h8,10H,5-6H2,1-4H3/t8?,10-/m1/s1. The number of ether oxygens (including phenoxy) is 2. The van der Waals surface area contributed by atoms with Crippen LogP contribution in [0, 0.1) is 0 Å². The molecule has 0 heterocycles. The van der Waals surface area contributed by atoms with Gasteiger partial charge in [-0.25, -0.2) is 4.79 Å². The normalized spacial score (nSPS) is 13.3. The first-order chi connectivity index (χ1) is 8.72. The van der Waals surface area contributed by atoms with Crippen molar-refractivity contribution in [3.05, 3.63) is 0 Å². The number of rotatable bonds is 7. The summed E-state index contributed by atoms with van der Waals surface area (Å²) in [6.45, 7) is 5.57. The molecule has 7 heteroatoms. The van der Waals surface area contributed by atoms with Crippen LogP contribution >= 0.6 is 11.8 Å². The summed E-state index contributed by atoms with van der Waals surface area (Å²) in [6.07, 6.45) is -0.712. The molecule has 0 aliphatic heterocycles. The summed E-state index contributed by atoms with van der Waals surface area (Å²) in [5, 5.41) is -1.30. The smallest absolute Gasteiger partial charge is 0.371 e. The van der Waals surface area contributed by atoms with Gasteiger partial charge in [0.15, 0.2) is 0 Å². The lowest BCUT2D eigenvalue weighted by Crippen LogP contribution is -2.21. The van der Waals surface area contributed by atoms with Crippen LogP contribution < -0.4 is 0 Å². The van der Waals surface area contributed by atoms with Crippen LogP contribution in [0.1, 0.15) is 40.5 Å². The van der Waals surface area contributed by atoms with E-state index in [0.29, 0.717) is 11.8 Å². The zero-order valence-corrected chi connectivity index (χ0v) is 12.2. The van der Waals surface area contributed by atoms with Gasteiger partial charge in [0, 0.05) is 26.7 Å². The van der Waals surface area contributed by atoms with Crippen LogP contribution in [0.4, 0.5) is 4.79 Å². The van der Waals surface area contributed by atoms with Crippen molar-refractivity contribution in [1.82, 2.24) is 0 Å². The molecule has 0 aromatic carbocycles. The van der Waals surface area contributed by atoms with Crippen molar-refractivity contribution >= 4 is 34.6 Å². The molecule has 0 saturated carbocycles. The van der Waals surface area contributed by atoms with E-state index in [1.807, 2.05) is 0 Å². The first-order valence-electron chi connectivity index (χ1n) is 5.79. The SMILES string of the molecule is CC(=O)CCC(=O)C(C)SC(=O)O[C@H](C)OC(C)=O. The maximum Gasteiger partial charge on any atom is 0.371 e. The summed E-state index contributed by atoms with van der Waals surface area (Å²) in [7, 11) is 0. The zero-order valence-electron chi connectivity index (χ0n) is 11.4. The minimum absolute atomic E-state index is 0.0726. The van der Waals surface area contributed by atoms with E-state index in [4.69, 9.17) is 4.74 Å². The molecule has 0 rings (SSSR count). The highest BCUT2D eigenvalue weighted by Crippen LogP contribution is 2.18. The maximum absolute atomic E-state index is 11.6. The van der Waals surface area contributed by atoms with Crippen molar-refractivity contribution < 1.29 is 28.7 Å². The minimum atomic E-state index is -0.989. The van der Waals surface area contributed by atoms with Crippen molar-refractivity contribution in [2.75, 3.05) is 0 Å².